The third-order valence-electron chi connectivity index (χ3n) is 3.39. The molecule has 0 saturated heterocycles. The van der Waals surface area contributed by atoms with Gasteiger partial charge in [0.05, 0.1) is 16.4 Å². The maximum atomic E-state index is 11.4. The molecule has 2 aromatic rings. The van der Waals surface area contributed by atoms with Crippen LogP contribution in [-0.2, 0) is 11.3 Å². The fourth-order valence-corrected chi connectivity index (χ4v) is 2.85. The van der Waals surface area contributed by atoms with Crippen molar-refractivity contribution in [2.75, 3.05) is 11.9 Å². The Morgan fingerprint density at radius 2 is 2.38 bits per heavy atom. The molecule has 0 fully saturated rings. The zero-order valence-corrected chi connectivity index (χ0v) is 12.8. The number of thiazole rings is 1. The van der Waals surface area contributed by atoms with Gasteiger partial charge in [0.15, 0.2) is 6.61 Å². The molecule has 0 spiro atoms. The van der Waals surface area contributed by atoms with Gasteiger partial charge in [-0.3, -0.25) is 4.79 Å². The summed E-state index contributed by atoms with van der Waals surface area (Å²) >= 11 is 1.66. The van der Waals surface area contributed by atoms with Crippen molar-refractivity contribution < 1.29 is 9.53 Å². The Labute approximate surface area is 127 Å². The average molecular weight is 303 g/mol. The van der Waals surface area contributed by atoms with Crippen molar-refractivity contribution in [2.24, 2.45) is 0 Å². The number of hydrogen-bond donors (Lipinski definition) is 2. The second-order valence-electron chi connectivity index (χ2n) is 5.05. The number of ether oxygens (including phenoxy) is 1. The van der Waals surface area contributed by atoms with Crippen molar-refractivity contribution in [3.63, 3.8) is 0 Å². The maximum absolute atomic E-state index is 11.4. The zero-order valence-electron chi connectivity index (χ0n) is 12.0. The first-order chi connectivity index (χ1) is 10.1. The quantitative estimate of drug-likeness (QED) is 0.911. The minimum absolute atomic E-state index is 0.0866. The first-order valence-corrected chi connectivity index (χ1v) is 7.71. The van der Waals surface area contributed by atoms with Crippen LogP contribution in [0.1, 0.15) is 29.2 Å². The summed E-state index contributed by atoms with van der Waals surface area (Å²) in [6.45, 7) is 4.91. The predicted octanol–water partition coefficient (Wildman–Crippen LogP) is 2.63. The van der Waals surface area contributed by atoms with Gasteiger partial charge in [0.2, 0.25) is 0 Å². The van der Waals surface area contributed by atoms with Crippen LogP contribution >= 0.6 is 11.3 Å². The van der Waals surface area contributed by atoms with Crippen molar-refractivity contribution in [1.29, 1.82) is 0 Å². The fraction of sp³-hybridized carbons (Fsp3) is 0.333. The number of aryl methyl sites for hydroxylation is 1. The Kier molecular flexibility index (Phi) is 3.90. The van der Waals surface area contributed by atoms with E-state index in [-0.39, 0.29) is 18.6 Å². The second kappa shape index (κ2) is 5.83. The third kappa shape index (κ3) is 3.22. The van der Waals surface area contributed by atoms with Crippen LogP contribution in [0.15, 0.2) is 23.6 Å². The van der Waals surface area contributed by atoms with Gasteiger partial charge >= 0.3 is 0 Å². The predicted molar refractivity (Wildman–Crippen MR) is 82.7 cm³/mol. The highest BCUT2D eigenvalue weighted by Crippen LogP contribution is 2.30. The zero-order chi connectivity index (χ0) is 14.8. The molecule has 1 unspecified atom stereocenters. The van der Waals surface area contributed by atoms with Crippen molar-refractivity contribution in [3.05, 3.63) is 39.8 Å². The first-order valence-electron chi connectivity index (χ1n) is 6.83. The molecule has 1 aliphatic rings. The number of anilines is 1. The molecule has 2 heterocycles. The molecule has 1 aromatic heterocycles. The number of rotatable bonds is 4. The van der Waals surface area contributed by atoms with Crippen LogP contribution in [-0.4, -0.2) is 17.5 Å². The summed E-state index contributed by atoms with van der Waals surface area (Å²) in [5.74, 6) is 0.610. The molecule has 21 heavy (non-hydrogen) atoms. The summed E-state index contributed by atoms with van der Waals surface area (Å²) in [5, 5.41) is 9.41. The Hall–Kier alpha value is -1.92. The summed E-state index contributed by atoms with van der Waals surface area (Å²) in [6.07, 6.45) is 0. The topological polar surface area (TPSA) is 63.2 Å². The molecule has 1 aromatic carbocycles. The average Bonchev–Trinajstić information content (AvgIpc) is 2.89. The molecule has 1 amide bonds. The maximum Gasteiger partial charge on any atom is 0.262 e. The minimum Gasteiger partial charge on any atom is -0.482 e. The molecule has 1 atom stereocenters. The number of fused-ring (bicyclic) bond motifs is 1. The van der Waals surface area contributed by atoms with Crippen molar-refractivity contribution >= 4 is 22.9 Å². The lowest BCUT2D eigenvalue weighted by Gasteiger charge is -2.20. The molecule has 0 bridgehead atoms. The Morgan fingerprint density at radius 3 is 3.14 bits per heavy atom. The first kappa shape index (κ1) is 14.0. The number of amides is 1. The highest BCUT2D eigenvalue weighted by atomic mass is 32.1. The van der Waals surface area contributed by atoms with Crippen LogP contribution in [0, 0.1) is 6.92 Å². The molecule has 110 valence electrons. The van der Waals surface area contributed by atoms with Gasteiger partial charge in [-0.2, -0.15) is 0 Å². The van der Waals surface area contributed by atoms with E-state index in [4.69, 9.17) is 4.74 Å². The van der Waals surface area contributed by atoms with Crippen LogP contribution in [0.2, 0.25) is 0 Å². The number of benzene rings is 1. The summed E-state index contributed by atoms with van der Waals surface area (Å²) in [5.41, 5.74) is 2.90. The molecular formula is C15H17N3O2S. The van der Waals surface area contributed by atoms with Gasteiger partial charge in [-0.05, 0) is 31.5 Å². The van der Waals surface area contributed by atoms with Crippen molar-refractivity contribution in [3.8, 4) is 5.75 Å². The lowest BCUT2D eigenvalue weighted by molar-refractivity contribution is -0.118. The highest BCUT2D eigenvalue weighted by molar-refractivity contribution is 7.09. The lowest BCUT2D eigenvalue weighted by Crippen LogP contribution is -2.26. The van der Waals surface area contributed by atoms with Crippen LogP contribution < -0.4 is 15.4 Å². The monoisotopic (exact) mass is 303 g/mol. The van der Waals surface area contributed by atoms with Crippen molar-refractivity contribution in [2.45, 2.75) is 26.4 Å². The molecule has 0 radical (unpaired) electrons. The number of hydrogen-bond acceptors (Lipinski definition) is 5. The van der Waals surface area contributed by atoms with Gasteiger partial charge in [-0.15, -0.1) is 11.3 Å². The molecule has 2 N–H and O–H groups in total. The van der Waals surface area contributed by atoms with Crippen LogP contribution in [0.4, 0.5) is 5.69 Å². The Balaban J connectivity index is 1.68. The molecule has 3 rings (SSSR count). The van der Waals surface area contributed by atoms with Gasteiger partial charge in [0.1, 0.15) is 5.75 Å². The summed E-state index contributed by atoms with van der Waals surface area (Å²) < 4.78 is 5.36. The molecule has 5 nitrogen and oxygen atoms in total. The third-order valence-corrected chi connectivity index (χ3v) is 4.21. The van der Waals surface area contributed by atoms with E-state index in [2.05, 4.69) is 27.9 Å². The van der Waals surface area contributed by atoms with E-state index >= 15 is 0 Å². The normalized spacial score (nSPS) is 15.0. The second-order valence-corrected chi connectivity index (χ2v) is 6.12. The van der Waals surface area contributed by atoms with E-state index in [1.165, 1.54) is 0 Å². The standard InChI is InChI=1S/C15H17N3O2S/c1-9(16-6-12-8-21-10(2)17-12)11-3-4-14-13(5-11)18-15(19)7-20-14/h3-5,8-9,16H,6-7H2,1-2H3,(H,18,19). The molecule has 1 aliphatic heterocycles. The molecule has 0 aliphatic carbocycles. The SMILES string of the molecule is Cc1nc(CNC(C)c2ccc3c(c2)NC(=O)CO3)cs1. The number of carbonyl (C=O) groups excluding carboxylic acids is 1. The highest BCUT2D eigenvalue weighted by Gasteiger charge is 2.17. The van der Waals surface area contributed by atoms with Gasteiger partial charge in [0.25, 0.3) is 5.91 Å². The largest absolute Gasteiger partial charge is 0.482 e. The smallest absolute Gasteiger partial charge is 0.262 e. The summed E-state index contributed by atoms with van der Waals surface area (Å²) in [6, 6.07) is 6.03. The van der Waals surface area contributed by atoms with E-state index < -0.39 is 0 Å². The number of carbonyl (C=O) groups is 1. The van der Waals surface area contributed by atoms with Gasteiger partial charge in [-0.25, -0.2) is 4.98 Å². The van der Waals surface area contributed by atoms with Crippen LogP contribution in [0.3, 0.4) is 0 Å². The van der Waals surface area contributed by atoms with Gasteiger partial charge < -0.3 is 15.4 Å². The van der Waals surface area contributed by atoms with E-state index in [0.29, 0.717) is 0 Å². The van der Waals surface area contributed by atoms with Crippen LogP contribution in [0.5, 0.6) is 5.75 Å². The molecule has 0 saturated carbocycles. The van der Waals surface area contributed by atoms with Crippen molar-refractivity contribution in [1.82, 2.24) is 10.3 Å². The Morgan fingerprint density at radius 1 is 1.52 bits per heavy atom. The number of aromatic nitrogens is 1. The van der Waals surface area contributed by atoms with E-state index in [1.807, 2.05) is 25.1 Å². The molecular weight excluding hydrogens is 286 g/mol. The van der Waals surface area contributed by atoms with Gasteiger partial charge in [-0.1, -0.05) is 6.07 Å². The van der Waals surface area contributed by atoms with E-state index in [1.54, 1.807) is 11.3 Å². The minimum atomic E-state index is -0.113. The van der Waals surface area contributed by atoms with Crippen LogP contribution in [0.25, 0.3) is 0 Å². The van der Waals surface area contributed by atoms with E-state index in [9.17, 15) is 4.79 Å². The molecule has 6 heteroatoms. The lowest BCUT2D eigenvalue weighted by atomic mass is 10.1. The summed E-state index contributed by atoms with van der Waals surface area (Å²) in [7, 11) is 0. The number of nitrogens with zero attached hydrogens (tertiary/aromatic N) is 1. The van der Waals surface area contributed by atoms with E-state index in [0.717, 1.165) is 34.2 Å². The number of nitrogens with one attached hydrogen (secondary N) is 2. The van der Waals surface area contributed by atoms with Gasteiger partial charge in [0, 0.05) is 18.0 Å². The fourth-order valence-electron chi connectivity index (χ4n) is 2.24. The Bertz CT molecular complexity index is 669. The summed E-state index contributed by atoms with van der Waals surface area (Å²) in [4.78, 5) is 15.8.